The molecule has 0 aliphatic carbocycles. The second kappa shape index (κ2) is 7.46. The Labute approximate surface area is 186 Å². The number of anilines is 1. The Morgan fingerprint density at radius 1 is 1.03 bits per heavy atom. The normalized spacial score (nSPS) is 16.8. The molecule has 0 spiro atoms. The maximum atomic E-state index is 5.17. The van der Waals surface area contributed by atoms with Crippen molar-refractivity contribution in [1.29, 1.82) is 0 Å². The molecule has 160 valence electrons. The summed E-state index contributed by atoms with van der Waals surface area (Å²) in [6.07, 6.45) is 3.80. The highest BCUT2D eigenvalue weighted by Gasteiger charge is 2.23. The van der Waals surface area contributed by atoms with E-state index >= 15 is 0 Å². The number of fused-ring (bicyclic) bond motifs is 2. The van der Waals surface area contributed by atoms with Gasteiger partial charge in [0.05, 0.1) is 11.2 Å². The molecule has 5 aromatic rings. The van der Waals surface area contributed by atoms with E-state index in [0.717, 1.165) is 69.9 Å². The standard InChI is InChI=1S/C25H25N7/c1-16-15-26-12-13-32(16)25-20-14-17(23-9-11-28-31(23)2)6-7-22(20)29-24(30-25)19-4-3-5-21-18(19)8-10-27-21/h3-11,14,16,26-27H,12-13,15H2,1-2H3/t16-/m1/s1. The van der Waals surface area contributed by atoms with Gasteiger partial charge in [-0.05, 0) is 37.3 Å². The van der Waals surface area contributed by atoms with Crippen molar-refractivity contribution in [2.45, 2.75) is 13.0 Å². The summed E-state index contributed by atoms with van der Waals surface area (Å²) in [6.45, 7) is 5.05. The Kier molecular flexibility index (Phi) is 4.43. The molecule has 6 rings (SSSR count). The van der Waals surface area contributed by atoms with E-state index in [1.54, 1.807) is 0 Å². The summed E-state index contributed by atoms with van der Waals surface area (Å²) in [7, 11) is 1.97. The van der Waals surface area contributed by atoms with Gasteiger partial charge in [0.15, 0.2) is 5.82 Å². The van der Waals surface area contributed by atoms with Gasteiger partial charge in [-0.25, -0.2) is 9.97 Å². The van der Waals surface area contributed by atoms with E-state index in [1.807, 2.05) is 30.2 Å². The van der Waals surface area contributed by atoms with Gasteiger partial charge in [-0.2, -0.15) is 5.10 Å². The topological polar surface area (TPSA) is 74.7 Å². The van der Waals surface area contributed by atoms with Crippen LogP contribution in [0.25, 0.3) is 44.5 Å². The van der Waals surface area contributed by atoms with Gasteiger partial charge in [0.2, 0.25) is 0 Å². The molecule has 0 saturated carbocycles. The van der Waals surface area contributed by atoms with Crippen LogP contribution in [-0.4, -0.2) is 50.4 Å². The van der Waals surface area contributed by atoms with Crippen LogP contribution < -0.4 is 10.2 Å². The molecule has 3 aromatic heterocycles. The number of benzene rings is 2. The number of hydrogen-bond donors (Lipinski definition) is 2. The van der Waals surface area contributed by atoms with Crippen LogP contribution in [0.1, 0.15) is 6.92 Å². The molecular weight excluding hydrogens is 398 g/mol. The summed E-state index contributed by atoms with van der Waals surface area (Å²) in [6, 6.07) is 17.2. The molecule has 2 aromatic carbocycles. The van der Waals surface area contributed by atoms with Crippen LogP contribution in [0, 0.1) is 0 Å². The number of aromatic nitrogens is 5. The molecule has 32 heavy (non-hydrogen) atoms. The zero-order chi connectivity index (χ0) is 21.7. The van der Waals surface area contributed by atoms with Gasteiger partial charge in [0.1, 0.15) is 5.82 Å². The third-order valence-corrected chi connectivity index (χ3v) is 6.40. The summed E-state index contributed by atoms with van der Waals surface area (Å²) in [4.78, 5) is 15.9. The highest BCUT2D eigenvalue weighted by molar-refractivity contribution is 5.98. The minimum Gasteiger partial charge on any atom is -0.361 e. The van der Waals surface area contributed by atoms with Crippen molar-refractivity contribution in [3.63, 3.8) is 0 Å². The van der Waals surface area contributed by atoms with E-state index in [4.69, 9.17) is 9.97 Å². The fourth-order valence-corrected chi connectivity index (χ4v) is 4.70. The highest BCUT2D eigenvalue weighted by Crippen LogP contribution is 2.34. The number of nitrogens with one attached hydrogen (secondary N) is 2. The van der Waals surface area contributed by atoms with E-state index in [1.165, 1.54) is 0 Å². The van der Waals surface area contributed by atoms with E-state index in [2.05, 4.69) is 69.7 Å². The lowest BCUT2D eigenvalue weighted by Gasteiger charge is -2.35. The van der Waals surface area contributed by atoms with Crippen molar-refractivity contribution in [3.05, 3.63) is 60.9 Å². The van der Waals surface area contributed by atoms with Crippen molar-refractivity contribution in [2.75, 3.05) is 24.5 Å². The fraction of sp³-hybridized carbons (Fsp3) is 0.240. The Morgan fingerprint density at radius 3 is 2.81 bits per heavy atom. The van der Waals surface area contributed by atoms with E-state index in [-0.39, 0.29) is 0 Å². The molecule has 1 atom stereocenters. The van der Waals surface area contributed by atoms with Crippen LogP contribution in [0.15, 0.2) is 60.9 Å². The molecule has 7 heteroatoms. The van der Waals surface area contributed by atoms with E-state index in [0.29, 0.717) is 6.04 Å². The summed E-state index contributed by atoms with van der Waals surface area (Å²) < 4.78 is 1.90. The van der Waals surface area contributed by atoms with Gasteiger partial charge in [-0.1, -0.05) is 18.2 Å². The first kappa shape index (κ1) is 19.0. The van der Waals surface area contributed by atoms with Gasteiger partial charge in [0, 0.05) is 72.5 Å². The predicted molar refractivity (Wildman–Crippen MR) is 129 cm³/mol. The fourth-order valence-electron chi connectivity index (χ4n) is 4.70. The molecule has 4 heterocycles. The van der Waals surface area contributed by atoms with Crippen molar-refractivity contribution in [1.82, 2.24) is 30.0 Å². The zero-order valence-electron chi connectivity index (χ0n) is 18.2. The first-order chi connectivity index (χ1) is 15.7. The van der Waals surface area contributed by atoms with Gasteiger partial charge >= 0.3 is 0 Å². The molecule has 7 nitrogen and oxygen atoms in total. The Hall–Kier alpha value is -3.71. The lowest BCUT2D eigenvalue weighted by atomic mass is 10.1. The lowest BCUT2D eigenvalue weighted by Crippen LogP contribution is -2.50. The summed E-state index contributed by atoms with van der Waals surface area (Å²) in [5.74, 6) is 1.76. The lowest BCUT2D eigenvalue weighted by molar-refractivity contribution is 0.498. The molecule has 1 saturated heterocycles. The van der Waals surface area contributed by atoms with E-state index in [9.17, 15) is 0 Å². The van der Waals surface area contributed by atoms with Crippen LogP contribution in [0.5, 0.6) is 0 Å². The molecule has 2 N–H and O–H groups in total. The second-order valence-electron chi connectivity index (χ2n) is 8.43. The minimum absolute atomic E-state index is 0.345. The molecule has 0 amide bonds. The molecule has 0 unspecified atom stereocenters. The molecule has 1 aliphatic rings. The summed E-state index contributed by atoms with van der Waals surface area (Å²) in [5, 5.41) is 10.0. The van der Waals surface area contributed by atoms with Crippen LogP contribution in [-0.2, 0) is 7.05 Å². The zero-order valence-corrected chi connectivity index (χ0v) is 18.2. The highest BCUT2D eigenvalue weighted by atomic mass is 15.3. The third-order valence-electron chi connectivity index (χ3n) is 6.40. The van der Waals surface area contributed by atoms with Crippen LogP contribution >= 0.6 is 0 Å². The summed E-state index contributed by atoms with van der Waals surface area (Å²) >= 11 is 0. The van der Waals surface area contributed by atoms with Gasteiger partial charge < -0.3 is 15.2 Å². The first-order valence-corrected chi connectivity index (χ1v) is 11.0. The predicted octanol–water partition coefficient (Wildman–Crippen LogP) is 3.98. The quantitative estimate of drug-likeness (QED) is 0.459. The van der Waals surface area contributed by atoms with Crippen LogP contribution in [0.4, 0.5) is 5.82 Å². The van der Waals surface area contributed by atoms with Gasteiger partial charge in [-0.15, -0.1) is 0 Å². The van der Waals surface area contributed by atoms with Crippen molar-refractivity contribution in [2.24, 2.45) is 7.05 Å². The number of aryl methyl sites for hydroxylation is 1. The minimum atomic E-state index is 0.345. The monoisotopic (exact) mass is 423 g/mol. The molecule has 0 bridgehead atoms. The number of H-pyrrole nitrogens is 1. The molecule has 0 radical (unpaired) electrons. The van der Waals surface area contributed by atoms with Crippen LogP contribution in [0.2, 0.25) is 0 Å². The Balaban J connectivity index is 1.60. The number of rotatable bonds is 3. The Bertz CT molecular complexity index is 1430. The van der Waals surface area contributed by atoms with Crippen molar-refractivity contribution < 1.29 is 0 Å². The van der Waals surface area contributed by atoms with Crippen molar-refractivity contribution >= 4 is 27.6 Å². The molecular formula is C25H25N7. The van der Waals surface area contributed by atoms with Gasteiger partial charge in [-0.3, -0.25) is 4.68 Å². The average Bonchev–Trinajstić information content (AvgIpc) is 3.47. The largest absolute Gasteiger partial charge is 0.361 e. The molecule has 1 aliphatic heterocycles. The SMILES string of the molecule is C[C@@H]1CNCCN1c1nc(-c2cccc3[nH]ccc23)nc2ccc(-c3ccnn3C)cc12. The second-order valence-corrected chi connectivity index (χ2v) is 8.43. The molecule has 1 fully saturated rings. The maximum absolute atomic E-state index is 5.17. The number of aromatic amines is 1. The number of nitrogens with zero attached hydrogens (tertiary/aromatic N) is 5. The third kappa shape index (κ3) is 3.05. The van der Waals surface area contributed by atoms with Crippen LogP contribution in [0.3, 0.4) is 0 Å². The number of piperazine rings is 1. The first-order valence-electron chi connectivity index (χ1n) is 11.0. The maximum Gasteiger partial charge on any atom is 0.162 e. The Morgan fingerprint density at radius 2 is 1.97 bits per heavy atom. The van der Waals surface area contributed by atoms with E-state index < -0.39 is 0 Å². The summed E-state index contributed by atoms with van der Waals surface area (Å²) in [5.41, 5.74) is 5.28. The van der Waals surface area contributed by atoms with Gasteiger partial charge in [0.25, 0.3) is 0 Å². The number of hydrogen-bond acceptors (Lipinski definition) is 5. The average molecular weight is 424 g/mol. The smallest absolute Gasteiger partial charge is 0.162 e. The van der Waals surface area contributed by atoms with Crippen molar-refractivity contribution in [3.8, 4) is 22.6 Å².